The number of thioether (sulfide) groups is 1. The summed E-state index contributed by atoms with van der Waals surface area (Å²) in [7, 11) is -1.34. The van der Waals surface area contributed by atoms with Crippen molar-refractivity contribution >= 4 is 48.7 Å². The number of amides is 1. The summed E-state index contributed by atoms with van der Waals surface area (Å²) < 4.78 is 9.69. The average Bonchev–Trinajstić information content (AvgIpc) is 3.41. The number of rotatable bonds is 14. The molecule has 3 aromatic rings. The molecule has 0 radical (unpaired) electrons. The normalized spacial score (nSPS) is 11.9. The van der Waals surface area contributed by atoms with E-state index in [9.17, 15) is 19.8 Å². The summed E-state index contributed by atoms with van der Waals surface area (Å²) in [5.41, 5.74) is 2.51. The van der Waals surface area contributed by atoms with Crippen LogP contribution in [0.25, 0.3) is 11.0 Å². The number of hydrogen-bond acceptors (Lipinski definition) is 7. The highest BCUT2D eigenvalue weighted by molar-refractivity contribution is 7.99. The Labute approximate surface area is 229 Å². The van der Waals surface area contributed by atoms with Gasteiger partial charge < -0.3 is 19.5 Å². The number of ether oxygens (including phenoxy) is 1. The number of aliphatic hydroxyl groups excluding tert-OH is 1. The van der Waals surface area contributed by atoms with Crippen LogP contribution in [0.5, 0.6) is 0 Å². The van der Waals surface area contributed by atoms with Crippen molar-refractivity contribution in [3.63, 3.8) is 0 Å². The van der Waals surface area contributed by atoms with E-state index >= 15 is 0 Å². The number of anilines is 1. The van der Waals surface area contributed by atoms with Crippen LogP contribution in [0.3, 0.4) is 0 Å². The first kappa shape index (κ1) is 29.9. The number of carboxylic acids is 1. The lowest BCUT2D eigenvalue weighted by Crippen LogP contribution is -2.37. The summed E-state index contributed by atoms with van der Waals surface area (Å²) in [5.74, 6) is -0.539. The highest BCUT2D eigenvalue weighted by atomic mass is 32.2. The molecule has 0 atom stereocenters. The molecule has 0 bridgehead atoms. The molecule has 12 heteroatoms. The van der Waals surface area contributed by atoms with Gasteiger partial charge in [0.15, 0.2) is 0 Å². The molecule has 0 unspecified atom stereocenters. The second-order valence-corrected chi connectivity index (χ2v) is 17.1. The van der Waals surface area contributed by atoms with Crippen molar-refractivity contribution in [2.45, 2.75) is 70.9 Å². The van der Waals surface area contributed by atoms with E-state index in [1.807, 2.05) is 25.3 Å². The van der Waals surface area contributed by atoms with E-state index in [2.05, 4.69) is 24.7 Å². The number of aromatic carboxylic acids is 1. The van der Waals surface area contributed by atoms with Crippen LogP contribution in [-0.2, 0) is 17.8 Å². The maximum Gasteiger partial charge on any atom is 0.335 e. The molecule has 38 heavy (non-hydrogen) atoms. The van der Waals surface area contributed by atoms with E-state index in [-0.39, 0.29) is 24.8 Å². The molecular formula is C26H39N5O5SSi. The fourth-order valence-corrected chi connectivity index (χ4v) is 5.72. The van der Waals surface area contributed by atoms with Gasteiger partial charge in [-0.1, -0.05) is 26.6 Å². The zero-order chi connectivity index (χ0) is 28.0. The fourth-order valence-electron chi connectivity index (χ4n) is 4.09. The van der Waals surface area contributed by atoms with E-state index in [1.165, 1.54) is 22.7 Å². The number of nitrogens with zero attached hydrogens (tertiary/aromatic N) is 5. The van der Waals surface area contributed by atoms with Crippen molar-refractivity contribution in [1.82, 2.24) is 19.3 Å². The van der Waals surface area contributed by atoms with Gasteiger partial charge in [-0.15, -0.1) is 11.8 Å². The molecule has 2 heterocycles. The van der Waals surface area contributed by atoms with Crippen LogP contribution < -0.4 is 4.90 Å². The van der Waals surface area contributed by atoms with E-state index < -0.39 is 14.0 Å². The molecule has 3 rings (SSSR count). The summed E-state index contributed by atoms with van der Waals surface area (Å²) in [6, 6.07) is 5.86. The monoisotopic (exact) mass is 561 g/mol. The highest BCUT2D eigenvalue weighted by Gasteiger charge is 2.28. The van der Waals surface area contributed by atoms with E-state index in [4.69, 9.17) is 9.72 Å². The predicted molar refractivity (Wildman–Crippen MR) is 153 cm³/mol. The number of carbonyl (C=O) groups is 2. The second-order valence-electron chi connectivity index (χ2n) is 10.4. The third kappa shape index (κ3) is 7.04. The molecule has 0 spiro atoms. The molecule has 208 valence electrons. The van der Waals surface area contributed by atoms with E-state index in [1.54, 1.807) is 16.8 Å². The lowest BCUT2D eigenvalue weighted by Gasteiger charge is -2.24. The van der Waals surface area contributed by atoms with Gasteiger partial charge in [-0.2, -0.15) is 5.10 Å². The van der Waals surface area contributed by atoms with Gasteiger partial charge in [-0.3, -0.25) is 14.4 Å². The van der Waals surface area contributed by atoms with Crippen molar-refractivity contribution in [2.24, 2.45) is 0 Å². The number of imidazole rings is 1. The van der Waals surface area contributed by atoms with Gasteiger partial charge in [-0.25, -0.2) is 9.78 Å². The molecule has 10 nitrogen and oxygen atoms in total. The highest BCUT2D eigenvalue weighted by Crippen LogP contribution is 2.34. The number of aliphatic hydroxyl groups is 1. The van der Waals surface area contributed by atoms with Crippen LogP contribution in [0.2, 0.25) is 25.7 Å². The van der Waals surface area contributed by atoms with Crippen LogP contribution >= 0.6 is 11.8 Å². The first-order valence-electron chi connectivity index (χ1n) is 13.0. The minimum atomic E-state index is -1.34. The maximum atomic E-state index is 14.0. The number of fused-ring (bicyclic) bond motifs is 1. The standard InChI is InChI=1S/C26H39N5O5SSi/c1-7-9-29-23-20(15-19(25(34)35)16-22(23)37-12-10-32)27-26(29)30(17-36-11-13-38(4,5)6)24(33)21-14-18(3)28-31(21)8-2/h14-16,32H,7-13,17H2,1-6H3,(H,34,35). The first-order valence-corrected chi connectivity index (χ1v) is 17.6. The maximum absolute atomic E-state index is 14.0. The summed E-state index contributed by atoms with van der Waals surface area (Å²) in [6.07, 6.45) is 0.772. The average molecular weight is 562 g/mol. The SMILES string of the molecule is CCCn1c(N(COCC[Si](C)(C)C)C(=O)c2cc(C)nn2CC)nc2cc(C(=O)O)cc(SCCO)c21. The van der Waals surface area contributed by atoms with Crippen molar-refractivity contribution in [3.05, 3.63) is 35.2 Å². The lowest BCUT2D eigenvalue weighted by molar-refractivity contribution is 0.0696. The Bertz CT molecular complexity index is 1280. The van der Waals surface area contributed by atoms with Gasteiger partial charge in [0.2, 0.25) is 5.95 Å². The Morgan fingerprint density at radius 3 is 2.53 bits per heavy atom. The Hall–Kier alpha value is -2.67. The van der Waals surface area contributed by atoms with Crippen LogP contribution in [0, 0.1) is 6.92 Å². The first-order chi connectivity index (χ1) is 18.0. The van der Waals surface area contributed by atoms with Gasteiger partial charge in [-0.05, 0) is 44.5 Å². The Morgan fingerprint density at radius 1 is 1.18 bits per heavy atom. The molecule has 1 amide bonds. The molecule has 0 aliphatic rings. The van der Waals surface area contributed by atoms with Gasteiger partial charge in [0.25, 0.3) is 5.91 Å². The van der Waals surface area contributed by atoms with E-state index in [0.717, 1.165) is 23.7 Å². The topological polar surface area (TPSA) is 123 Å². The Morgan fingerprint density at radius 2 is 1.92 bits per heavy atom. The molecule has 0 saturated carbocycles. The summed E-state index contributed by atoms with van der Waals surface area (Å²) in [5, 5.41) is 23.6. The molecule has 0 fully saturated rings. The Kier molecular flexibility index (Phi) is 10.2. The molecule has 2 N–H and O–H groups in total. The number of aromatic nitrogens is 4. The van der Waals surface area contributed by atoms with Crippen LogP contribution in [-0.4, -0.2) is 75.2 Å². The lowest BCUT2D eigenvalue weighted by atomic mass is 10.2. The molecule has 0 saturated heterocycles. The van der Waals surface area contributed by atoms with Crippen molar-refractivity contribution in [3.8, 4) is 0 Å². The van der Waals surface area contributed by atoms with Gasteiger partial charge in [0.1, 0.15) is 12.4 Å². The Balaban J connectivity index is 2.18. The molecular weight excluding hydrogens is 522 g/mol. The molecule has 2 aromatic heterocycles. The summed E-state index contributed by atoms with van der Waals surface area (Å²) >= 11 is 1.37. The minimum Gasteiger partial charge on any atom is -0.478 e. The summed E-state index contributed by atoms with van der Waals surface area (Å²) in [4.78, 5) is 32.9. The quantitative estimate of drug-likeness (QED) is 0.126. The smallest absolute Gasteiger partial charge is 0.335 e. The van der Waals surface area contributed by atoms with Crippen molar-refractivity contribution < 1.29 is 24.5 Å². The van der Waals surface area contributed by atoms with Crippen molar-refractivity contribution in [2.75, 3.05) is 30.6 Å². The number of benzene rings is 1. The van der Waals surface area contributed by atoms with Crippen LogP contribution in [0.4, 0.5) is 5.95 Å². The largest absolute Gasteiger partial charge is 0.478 e. The number of aryl methyl sites for hydroxylation is 3. The molecule has 1 aromatic carbocycles. The third-order valence-corrected chi connectivity index (χ3v) is 8.67. The fraction of sp³-hybridized carbons (Fsp3) is 0.538. The van der Waals surface area contributed by atoms with Crippen LogP contribution in [0.15, 0.2) is 23.1 Å². The summed E-state index contributed by atoms with van der Waals surface area (Å²) in [6.45, 7) is 14.2. The van der Waals surface area contributed by atoms with E-state index in [0.29, 0.717) is 47.5 Å². The predicted octanol–water partition coefficient (Wildman–Crippen LogP) is 4.71. The minimum absolute atomic E-state index is 0.00912. The number of hydrogen-bond donors (Lipinski definition) is 2. The van der Waals surface area contributed by atoms with Crippen molar-refractivity contribution in [1.29, 1.82) is 0 Å². The second kappa shape index (κ2) is 12.9. The molecule has 0 aliphatic carbocycles. The van der Waals surface area contributed by atoms with Gasteiger partial charge in [0, 0.05) is 38.4 Å². The molecule has 0 aliphatic heterocycles. The number of carbonyl (C=O) groups excluding carboxylic acids is 1. The zero-order valence-corrected chi connectivity index (χ0v) is 25.0. The van der Waals surface area contributed by atoms with Gasteiger partial charge in [0.05, 0.1) is 28.9 Å². The zero-order valence-electron chi connectivity index (χ0n) is 23.2. The number of carboxylic acid groups (broad SMARTS) is 1. The van der Waals surface area contributed by atoms with Gasteiger partial charge >= 0.3 is 5.97 Å². The third-order valence-electron chi connectivity index (χ3n) is 5.95. The van der Waals surface area contributed by atoms with Crippen LogP contribution in [0.1, 0.15) is 46.8 Å².